The Morgan fingerprint density at radius 3 is 2.47 bits per heavy atom. The van der Waals surface area contributed by atoms with E-state index in [-0.39, 0.29) is 17.2 Å². The summed E-state index contributed by atoms with van der Waals surface area (Å²) in [5.74, 6) is 1.01. The number of carbonyl (C=O) groups is 1. The number of carbonyl (C=O) groups excluding carboxylic acids is 1. The summed E-state index contributed by atoms with van der Waals surface area (Å²) in [5.41, 5.74) is 1.17. The fourth-order valence-electron chi connectivity index (χ4n) is 1.47. The van der Waals surface area contributed by atoms with E-state index < -0.39 is 0 Å². The molecule has 2 atom stereocenters. The highest BCUT2D eigenvalue weighted by molar-refractivity contribution is 7.99. The highest BCUT2D eigenvalue weighted by atomic mass is 32.2. The van der Waals surface area contributed by atoms with E-state index in [9.17, 15) is 4.79 Å². The second-order valence-corrected chi connectivity index (χ2v) is 5.89. The second kappa shape index (κ2) is 7.67. The Labute approximate surface area is 112 Å². The van der Waals surface area contributed by atoms with Gasteiger partial charge in [-0.25, -0.2) is 0 Å². The SMILES string of the molecule is CSCC(NC(=O)C(C)SC)c1ccccc1. The van der Waals surface area contributed by atoms with Crippen LogP contribution in [0.2, 0.25) is 0 Å². The van der Waals surface area contributed by atoms with Crippen molar-refractivity contribution in [2.24, 2.45) is 0 Å². The summed E-state index contributed by atoms with van der Waals surface area (Å²) in [7, 11) is 0. The Morgan fingerprint density at radius 1 is 1.29 bits per heavy atom. The fourth-order valence-corrected chi connectivity index (χ4v) is 2.36. The third kappa shape index (κ3) is 4.64. The first-order valence-electron chi connectivity index (χ1n) is 5.56. The molecule has 94 valence electrons. The molecule has 4 heteroatoms. The maximum absolute atomic E-state index is 11.9. The molecule has 0 saturated heterocycles. The summed E-state index contributed by atoms with van der Waals surface area (Å²) in [5, 5.41) is 3.11. The smallest absolute Gasteiger partial charge is 0.233 e. The molecule has 0 aliphatic heterocycles. The van der Waals surface area contributed by atoms with E-state index in [1.165, 1.54) is 5.56 Å². The molecule has 1 amide bonds. The van der Waals surface area contributed by atoms with E-state index in [1.807, 2.05) is 31.4 Å². The molecule has 0 fully saturated rings. The standard InChI is InChI=1S/C13H19NOS2/c1-10(17-3)13(15)14-12(9-16-2)11-7-5-4-6-8-11/h4-8,10,12H,9H2,1-3H3,(H,14,15). The summed E-state index contributed by atoms with van der Waals surface area (Å²) < 4.78 is 0. The highest BCUT2D eigenvalue weighted by Crippen LogP contribution is 2.18. The van der Waals surface area contributed by atoms with Crippen LogP contribution in [0.4, 0.5) is 0 Å². The fraction of sp³-hybridized carbons (Fsp3) is 0.462. The minimum Gasteiger partial charge on any atom is -0.348 e. The average molecular weight is 269 g/mol. The third-order valence-electron chi connectivity index (χ3n) is 2.57. The van der Waals surface area contributed by atoms with Gasteiger partial charge in [0.2, 0.25) is 5.91 Å². The van der Waals surface area contributed by atoms with Crippen LogP contribution in [0.25, 0.3) is 0 Å². The van der Waals surface area contributed by atoms with E-state index in [2.05, 4.69) is 23.7 Å². The summed E-state index contributed by atoms with van der Waals surface area (Å²) in [6, 6.07) is 10.2. The van der Waals surface area contributed by atoms with Gasteiger partial charge in [-0.05, 0) is 25.0 Å². The van der Waals surface area contributed by atoms with E-state index in [4.69, 9.17) is 0 Å². The Kier molecular flexibility index (Phi) is 6.52. The van der Waals surface area contributed by atoms with E-state index in [0.29, 0.717) is 0 Å². The van der Waals surface area contributed by atoms with Gasteiger partial charge < -0.3 is 5.32 Å². The summed E-state index contributed by atoms with van der Waals surface area (Å²) in [6.45, 7) is 1.93. The average Bonchev–Trinajstić information content (AvgIpc) is 2.38. The van der Waals surface area contributed by atoms with Crippen molar-refractivity contribution in [2.75, 3.05) is 18.3 Å². The Bertz CT molecular complexity index is 343. The summed E-state index contributed by atoms with van der Waals surface area (Å²) >= 11 is 3.31. The summed E-state index contributed by atoms with van der Waals surface area (Å²) in [4.78, 5) is 11.9. The Morgan fingerprint density at radius 2 is 1.94 bits per heavy atom. The van der Waals surface area contributed by atoms with Crippen molar-refractivity contribution in [1.29, 1.82) is 0 Å². The predicted octanol–water partition coefficient (Wildman–Crippen LogP) is 2.96. The van der Waals surface area contributed by atoms with Crippen molar-refractivity contribution < 1.29 is 4.79 Å². The van der Waals surface area contributed by atoms with Gasteiger partial charge in [0.15, 0.2) is 0 Å². The first kappa shape index (κ1) is 14.5. The van der Waals surface area contributed by atoms with Crippen molar-refractivity contribution in [1.82, 2.24) is 5.32 Å². The number of benzene rings is 1. The van der Waals surface area contributed by atoms with Gasteiger partial charge in [0, 0.05) is 5.75 Å². The molecule has 0 radical (unpaired) electrons. The monoisotopic (exact) mass is 269 g/mol. The van der Waals surface area contributed by atoms with Gasteiger partial charge in [-0.2, -0.15) is 23.5 Å². The number of hydrogen-bond acceptors (Lipinski definition) is 3. The highest BCUT2D eigenvalue weighted by Gasteiger charge is 2.17. The molecule has 17 heavy (non-hydrogen) atoms. The molecule has 2 nitrogen and oxygen atoms in total. The number of thioether (sulfide) groups is 2. The van der Waals surface area contributed by atoms with Crippen LogP contribution in [-0.4, -0.2) is 29.4 Å². The van der Waals surface area contributed by atoms with Crippen LogP contribution in [0, 0.1) is 0 Å². The molecule has 0 spiro atoms. The van der Waals surface area contributed by atoms with Gasteiger partial charge in [0.1, 0.15) is 0 Å². The number of hydrogen-bond donors (Lipinski definition) is 1. The maximum Gasteiger partial charge on any atom is 0.233 e. The Balaban J connectivity index is 2.70. The van der Waals surface area contributed by atoms with Crippen molar-refractivity contribution in [3.63, 3.8) is 0 Å². The lowest BCUT2D eigenvalue weighted by Gasteiger charge is -2.20. The molecular weight excluding hydrogens is 250 g/mol. The molecule has 0 saturated carbocycles. The van der Waals surface area contributed by atoms with Gasteiger partial charge in [-0.3, -0.25) is 4.79 Å². The van der Waals surface area contributed by atoms with Gasteiger partial charge in [0.25, 0.3) is 0 Å². The maximum atomic E-state index is 11.9. The van der Waals surface area contributed by atoms with Gasteiger partial charge in [-0.1, -0.05) is 30.3 Å². The van der Waals surface area contributed by atoms with Crippen molar-refractivity contribution in [3.05, 3.63) is 35.9 Å². The lowest BCUT2D eigenvalue weighted by atomic mass is 10.1. The molecule has 0 aliphatic carbocycles. The molecule has 0 bridgehead atoms. The largest absolute Gasteiger partial charge is 0.348 e. The van der Waals surface area contributed by atoms with Crippen LogP contribution in [0.3, 0.4) is 0 Å². The molecule has 1 aromatic rings. The van der Waals surface area contributed by atoms with Crippen LogP contribution < -0.4 is 5.32 Å². The Hall–Kier alpha value is -0.610. The van der Waals surface area contributed by atoms with Gasteiger partial charge >= 0.3 is 0 Å². The van der Waals surface area contributed by atoms with Crippen LogP contribution in [-0.2, 0) is 4.79 Å². The number of nitrogens with one attached hydrogen (secondary N) is 1. The predicted molar refractivity (Wildman–Crippen MR) is 78.7 cm³/mol. The lowest BCUT2D eigenvalue weighted by molar-refractivity contribution is -0.120. The molecule has 1 aromatic carbocycles. The van der Waals surface area contributed by atoms with Gasteiger partial charge in [-0.15, -0.1) is 0 Å². The molecule has 2 unspecified atom stereocenters. The normalized spacial score (nSPS) is 14.1. The van der Waals surface area contributed by atoms with Crippen LogP contribution in [0.5, 0.6) is 0 Å². The quantitative estimate of drug-likeness (QED) is 0.861. The second-order valence-electron chi connectivity index (χ2n) is 3.81. The zero-order valence-electron chi connectivity index (χ0n) is 10.5. The topological polar surface area (TPSA) is 29.1 Å². The number of amides is 1. The van der Waals surface area contributed by atoms with E-state index in [1.54, 1.807) is 23.5 Å². The first-order valence-corrected chi connectivity index (χ1v) is 8.24. The third-order valence-corrected chi connectivity index (χ3v) is 4.16. The minimum atomic E-state index is 0.00284. The molecule has 0 aromatic heterocycles. The van der Waals surface area contributed by atoms with E-state index >= 15 is 0 Å². The van der Waals surface area contributed by atoms with Crippen molar-refractivity contribution >= 4 is 29.4 Å². The first-order chi connectivity index (χ1) is 8.19. The molecule has 0 aliphatic rings. The van der Waals surface area contributed by atoms with Crippen LogP contribution in [0.1, 0.15) is 18.5 Å². The van der Waals surface area contributed by atoms with Crippen LogP contribution in [0.15, 0.2) is 30.3 Å². The molecule has 1 rings (SSSR count). The zero-order chi connectivity index (χ0) is 12.7. The molecular formula is C13H19NOS2. The lowest BCUT2D eigenvalue weighted by Crippen LogP contribution is -2.35. The number of rotatable bonds is 6. The zero-order valence-corrected chi connectivity index (χ0v) is 12.1. The van der Waals surface area contributed by atoms with Crippen molar-refractivity contribution in [2.45, 2.75) is 18.2 Å². The summed E-state index contributed by atoms with van der Waals surface area (Å²) in [6.07, 6.45) is 4.01. The molecule has 0 heterocycles. The van der Waals surface area contributed by atoms with Crippen LogP contribution >= 0.6 is 23.5 Å². The molecule has 1 N–H and O–H groups in total. The van der Waals surface area contributed by atoms with E-state index in [0.717, 1.165) is 5.75 Å². The van der Waals surface area contributed by atoms with Crippen molar-refractivity contribution in [3.8, 4) is 0 Å². The van der Waals surface area contributed by atoms with Gasteiger partial charge in [0.05, 0.1) is 11.3 Å². The minimum absolute atomic E-state index is 0.00284.